The number of methoxy groups -OCH3 is 1. The second-order valence-corrected chi connectivity index (χ2v) is 8.27. The number of nitrogens with zero attached hydrogens (tertiary/aromatic N) is 2. The average Bonchev–Trinajstić information content (AvgIpc) is 3.06. The highest BCUT2D eigenvalue weighted by molar-refractivity contribution is 5.99. The lowest BCUT2D eigenvalue weighted by molar-refractivity contribution is 0.100. The van der Waals surface area contributed by atoms with E-state index in [1.54, 1.807) is 25.3 Å². The maximum atomic E-state index is 12.0. The van der Waals surface area contributed by atoms with Gasteiger partial charge in [-0.25, -0.2) is 4.68 Å². The summed E-state index contributed by atoms with van der Waals surface area (Å²) in [5, 5.41) is 8.21. The smallest absolute Gasteiger partial charge is 0.250 e. The summed E-state index contributed by atoms with van der Waals surface area (Å²) in [5.41, 5.74) is 10.6. The minimum atomic E-state index is -0.528. The van der Waals surface area contributed by atoms with Gasteiger partial charge in [-0.15, -0.1) is 0 Å². The molecule has 0 saturated carbocycles. The summed E-state index contributed by atoms with van der Waals surface area (Å²) in [4.78, 5) is 12.0. The highest BCUT2D eigenvalue weighted by Crippen LogP contribution is 2.31. The van der Waals surface area contributed by atoms with Gasteiger partial charge in [0.05, 0.1) is 29.7 Å². The maximum Gasteiger partial charge on any atom is 0.250 e. The molecule has 0 bridgehead atoms. The van der Waals surface area contributed by atoms with E-state index in [0.717, 1.165) is 22.8 Å². The molecule has 0 aliphatic heterocycles. The molecule has 0 fully saturated rings. The van der Waals surface area contributed by atoms with Crippen molar-refractivity contribution >= 4 is 17.4 Å². The first-order chi connectivity index (χ1) is 13.6. The number of ether oxygens (including phenoxy) is 1. The van der Waals surface area contributed by atoms with Gasteiger partial charge in [-0.2, -0.15) is 5.10 Å². The van der Waals surface area contributed by atoms with Gasteiger partial charge in [-0.3, -0.25) is 4.79 Å². The first-order valence-electron chi connectivity index (χ1n) is 9.53. The van der Waals surface area contributed by atoms with Gasteiger partial charge in [-0.05, 0) is 43.7 Å². The summed E-state index contributed by atoms with van der Waals surface area (Å²) >= 11 is 0. The van der Waals surface area contributed by atoms with Crippen molar-refractivity contribution in [2.45, 2.75) is 40.0 Å². The van der Waals surface area contributed by atoms with Crippen molar-refractivity contribution < 1.29 is 9.53 Å². The lowest BCUT2D eigenvalue weighted by Gasteiger charge is -2.15. The number of aryl methyl sites for hydroxylation is 2. The predicted octanol–water partition coefficient (Wildman–Crippen LogP) is 4.64. The molecule has 1 aromatic heterocycles. The van der Waals surface area contributed by atoms with Gasteiger partial charge in [0.2, 0.25) is 0 Å². The number of rotatable bonds is 5. The minimum absolute atomic E-state index is 0.132. The lowest BCUT2D eigenvalue weighted by Crippen LogP contribution is -2.14. The Labute approximate surface area is 171 Å². The molecule has 29 heavy (non-hydrogen) atoms. The van der Waals surface area contributed by atoms with Crippen molar-refractivity contribution in [1.29, 1.82) is 0 Å². The quantitative estimate of drug-likeness (QED) is 0.663. The van der Waals surface area contributed by atoms with Crippen molar-refractivity contribution in [1.82, 2.24) is 9.78 Å². The van der Waals surface area contributed by atoms with Gasteiger partial charge >= 0.3 is 0 Å². The molecule has 6 nitrogen and oxygen atoms in total. The van der Waals surface area contributed by atoms with Crippen LogP contribution >= 0.6 is 0 Å². The summed E-state index contributed by atoms with van der Waals surface area (Å²) in [6.45, 7) is 10.5. The monoisotopic (exact) mass is 392 g/mol. The molecular weight excluding hydrogens is 364 g/mol. The molecule has 0 spiro atoms. The van der Waals surface area contributed by atoms with Crippen molar-refractivity contribution in [3.05, 3.63) is 64.8 Å². The van der Waals surface area contributed by atoms with Gasteiger partial charge in [-0.1, -0.05) is 38.5 Å². The molecule has 6 heteroatoms. The normalized spacial score (nSPS) is 11.4. The fourth-order valence-electron chi connectivity index (χ4n) is 3.16. The first kappa shape index (κ1) is 20.5. The molecule has 0 saturated heterocycles. The number of hydrogen-bond acceptors (Lipinski definition) is 4. The Morgan fingerprint density at radius 1 is 1.10 bits per heavy atom. The van der Waals surface area contributed by atoms with Gasteiger partial charge in [0, 0.05) is 11.5 Å². The number of hydrogen-bond donors (Lipinski definition) is 2. The van der Waals surface area contributed by atoms with Crippen LogP contribution in [0, 0.1) is 13.8 Å². The fourth-order valence-corrected chi connectivity index (χ4v) is 3.16. The van der Waals surface area contributed by atoms with Gasteiger partial charge in [0.1, 0.15) is 11.6 Å². The van der Waals surface area contributed by atoms with E-state index >= 15 is 0 Å². The van der Waals surface area contributed by atoms with Gasteiger partial charge in [0.15, 0.2) is 0 Å². The zero-order valence-corrected chi connectivity index (χ0v) is 17.8. The van der Waals surface area contributed by atoms with E-state index in [2.05, 4.69) is 58.1 Å². The molecule has 1 amide bonds. The zero-order chi connectivity index (χ0) is 21.3. The number of carbonyl (C=O) groups is 1. The number of benzene rings is 2. The first-order valence-corrected chi connectivity index (χ1v) is 9.53. The second kappa shape index (κ2) is 7.62. The number of amides is 1. The third kappa shape index (κ3) is 4.26. The van der Waals surface area contributed by atoms with Crippen LogP contribution in [0.3, 0.4) is 0 Å². The Hall–Kier alpha value is -3.28. The summed E-state index contributed by atoms with van der Waals surface area (Å²) < 4.78 is 7.11. The molecule has 3 aromatic rings. The van der Waals surface area contributed by atoms with Crippen molar-refractivity contribution in [2.75, 3.05) is 12.4 Å². The molecule has 0 atom stereocenters. The molecular formula is C23H28N4O2. The summed E-state index contributed by atoms with van der Waals surface area (Å²) in [7, 11) is 1.55. The molecule has 3 N–H and O–H groups in total. The maximum absolute atomic E-state index is 12.0. The van der Waals surface area contributed by atoms with E-state index in [1.165, 1.54) is 5.56 Å². The molecule has 0 aliphatic rings. The number of anilines is 2. The van der Waals surface area contributed by atoms with Crippen LogP contribution < -0.4 is 15.8 Å². The molecule has 152 valence electrons. The Morgan fingerprint density at radius 2 is 1.83 bits per heavy atom. The number of carbonyl (C=O) groups excluding carboxylic acids is 1. The lowest BCUT2D eigenvalue weighted by atomic mass is 9.92. The van der Waals surface area contributed by atoms with Crippen LogP contribution in [0.5, 0.6) is 5.75 Å². The number of nitrogens with one attached hydrogen (secondary N) is 1. The van der Waals surface area contributed by atoms with E-state index in [1.807, 2.05) is 10.7 Å². The van der Waals surface area contributed by atoms with Crippen LogP contribution in [0.2, 0.25) is 0 Å². The van der Waals surface area contributed by atoms with Crippen molar-refractivity contribution in [2.24, 2.45) is 5.73 Å². The van der Waals surface area contributed by atoms with Crippen LogP contribution in [0.1, 0.15) is 48.0 Å². The van der Waals surface area contributed by atoms with Crippen molar-refractivity contribution in [3.63, 3.8) is 0 Å². The Morgan fingerprint density at radius 3 is 2.41 bits per heavy atom. The Bertz CT molecular complexity index is 1060. The highest BCUT2D eigenvalue weighted by atomic mass is 16.5. The van der Waals surface area contributed by atoms with E-state index in [9.17, 15) is 4.79 Å². The molecule has 0 unspecified atom stereocenters. The van der Waals surface area contributed by atoms with E-state index in [-0.39, 0.29) is 5.41 Å². The van der Waals surface area contributed by atoms with Crippen LogP contribution in [0.25, 0.3) is 5.69 Å². The van der Waals surface area contributed by atoms with Crippen LogP contribution in [-0.4, -0.2) is 22.8 Å². The summed E-state index contributed by atoms with van der Waals surface area (Å²) in [6.07, 6.45) is 0. The van der Waals surface area contributed by atoms with E-state index in [0.29, 0.717) is 17.0 Å². The molecule has 3 rings (SSSR count). The van der Waals surface area contributed by atoms with Crippen molar-refractivity contribution in [3.8, 4) is 11.4 Å². The third-order valence-electron chi connectivity index (χ3n) is 4.81. The summed E-state index contributed by atoms with van der Waals surface area (Å²) in [6, 6.07) is 13.5. The fraction of sp³-hybridized carbons (Fsp3) is 0.304. The highest BCUT2D eigenvalue weighted by Gasteiger charge is 2.22. The zero-order valence-electron chi connectivity index (χ0n) is 17.8. The Balaban J connectivity index is 2.14. The van der Waals surface area contributed by atoms with Gasteiger partial charge in [0.25, 0.3) is 5.91 Å². The molecule has 0 radical (unpaired) electrons. The topological polar surface area (TPSA) is 82.2 Å². The molecule has 0 aliphatic carbocycles. The van der Waals surface area contributed by atoms with Crippen LogP contribution in [0.4, 0.5) is 11.5 Å². The second-order valence-electron chi connectivity index (χ2n) is 8.27. The standard InChI is InChI=1S/C23H28N4O2/c1-14-7-10-19(15(2)11-14)27-21(13-20(26-27)23(3,4)5)25-18-9-8-16(29-6)12-17(18)22(24)28/h7-13,25H,1-6H3,(H2,24,28). The number of nitrogens with two attached hydrogens (primary N) is 1. The van der Waals surface area contributed by atoms with Crippen LogP contribution in [0.15, 0.2) is 42.5 Å². The SMILES string of the molecule is COc1ccc(Nc2cc(C(C)(C)C)nn2-c2ccc(C)cc2C)c(C(N)=O)c1. The summed E-state index contributed by atoms with van der Waals surface area (Å²) in [5.74, 6) is 0.803. The van der Waals surface area contributed by atoms with E-state index in [4.69, 9.17) is 15.6 Å². The Kier molecular flexibility index (Phi) is 5.38. The number of primary amides is 1. The number of aromatic nitrogens is 2. The third-order valence-corrected chi connectivity index (χ3v) is 4.81. The van der Waals surface area contributed by atoms with Gasteiger partial charge < -0.3 is 15.8 Å². The average molecular weight is 393 g/mol. The minimum Gasteiger partial charge on any atom is -0.497 e. The molecule has 1 heterocycles. The predicted molar refractivity (Wildman–Crippen MR) is 117 cm³/mol. The molecule has 2 aromatic carbocycles. The van der Waals surface area contributed by atoms with Crippen LogP contribution in [-0.2, 0) is 5.41 Å². The van der Waals surface area contributed by atoms with E-state index < -0.39 is 5.91 Å². The largest absolute Gasteiger partial charge is 0.497 e.